The number of hydrogen-bond acceptors (Lipinski definition) is 5. The molecule has 1 aromatic heterocycles. The average molecular weight is 279 g/mol. The summed E-state index contributed by atoms with van der Waals surface area (Å²) in [6.45, 7) is 5.74. The van der Waals surface area contributed by atoms with Crippen molar-refractivity contribution in [2.75, 3.05) is 19.9 Å². The molecule has 0 atom stereocenters. The molecule has 0 bridgehead atoms. The predicted octanol–water partition coefficient (Wildman–Crippen LogP) is 1.99. The zero-order valence-corrected chi connectivity index (χ0v) is 12.6. The highest BCUT2D eigenvalue weighted by atomic mass is 32.2. The molecule has 5 nitrogen and oxygen atoms in total. The molecule has 1 aromatic rings. The van der Waals surface area contributed by atoms with Gasteiger partial charge >= 0.3 is 0 Å². The van der Waals surface area contributed by atoms with Gasteiger partial charge in [0, 0.05) is 12.7 Å². The van der Waals surface area contributed by atoms with Crippen LogP contribution in [-0.4, -0.2) is 35.9 Å². The number of rotatable bonds is 4. The van der Waals surface area contributed by atoms with E-state index in [2.05, 4.69) is 11.1 Å². The highest BCUT2D eigenvalue weighted by Crippen LogP contribution is 2.26. The largest absolute Gasteiger partial charge is 0.275 e. The third-order valence-electron chi connectivity index (χ3n) is 3.03. The molecule has 19 heavy (non-hydrogen) atoms. The van der Waals surface area contributed by atoms with Gasteiger partial charge in [-0.2, -0.15) is 5.26 Å². The van der Waals surface area contributed by atoms with Gasteiger partial charge in [-0.05, 0) is 31.9 Å². The maximum atomic E-state index is 11.7. The normalized spacial score (nSPS) is 10.1. The molecule has 0 unspecified atom stereocenters. The summed E-state index contributed by atoms with van der Waals surface area (Å²) in [4.78, 5) is 20.9. The number of pyridine rings is 1. The fraction of sp³-hybridized carbons (Fsp3) is 0.462. The van der Waals surface area contributed by atoms with Crippen LogP contribution in [0.25, 0.3) is 0 Å². The van der Waals surface area contributed by atoms with Crippen molar-refractivity contribution < 1.29 is 9.63 Å². The number of hydroxylamine groups is 2. The van der Waals surface area contributed by atoms with Gasteiger partial charge in [-0.25, -0.2) is 10.0 Å². The molecule has 0 aliphatic rings. The lowest BCUT2D eigenvalue weighted by Crippen LogP contribution is -2.27. The van der Waals surface area contributed by atoms with Crippen molar-refractivity contribution in [2.24, 2.45) is 0 Å². The average Bonchev–Trinajstić information content (AvgIpc) is 2.41. The molecule has 0 N–H and O–H groups in total. The standard InChI is InChI=1S/C13H17N3O2S/c1-8-9(2)11(6-14)13(15-10(8)3)19-7-12(17)16(4)18-5/h7H2,1-5H3. The Balaban J connectivity index is 2.97. The summed E-state index contributed by atoms with van der Waals surface area (Å²) in [6, 6.07) is 2.16. The van der Waals surface area contributed by atoms with E-state index in [9.17, 15) is 10.1 Å². The van der Waals surface area contributed by atoms with Crippen LogP contribution in [0.1, 0.15) is 22.4 Å². The van der Waals surface area contributed by atoms with E-state index in [0.29, 0.717) is 10.6 Å². The molecule has 0 radical (unpaired) electrons. The quantitative estimate of drug-likeness (QED) is 0.623. The number of aryl methyl sites for hydroxylation is 1. The Morgan fingerprint density at radius 2 is 2.05 bits per heavy atom. The molecule has 102 valence electrons. The molecule has 0 aliphatic heterocycles. The predicted molar refractivity (Wildman–Crippen MR) is 73.7 cm³/mol. The zero-order chi connectivity index (χ0) is 14.6. The lowest BCUT2D eigenvalue weighted by atomic mass is 10.1. The van der Waals surface area contributed by atoms with E-state index < -0.39 is 0 Å². The minimum Gasteiger partial charge on any atom is -0.275 e. The van der Waals surface area contributed by atoms with Gasteiger partial charge < -0.3 is 0 Å². The van der Waals surface area contributed by atoms with Gasteiger partial charge in [-0.3, -0.25) is 9.63 Å². The summed E-state index contributed by atoms with van der Waals surface area (Å²) in [6.07, 6.45) is 0. The molecular formula is C13H17N3O2S. The number of amides is 1. The van der Waals surface area contributed by atoms with Crippen molar-refractivity contribution in [2.45, 2.75) is 25.8 Å². The minimum atomic E-state index is -0.172. The maximum Gasteiger partial charge on any atom is 0.256 e. The van der Waals surface area contributed by atoms with Crippen LogP contribution in [0.3, 0.4) is 0 Å². The van der Waals surface area contributed by atoms with Crippen molar-refractivity contribution in [1.82, 2.24) is 10.0 Å². The minimum absolute atomic E-state index is 0.172. The van der Waals surface area contributed by atoms with Crippen LogP contribution in [0, 0.1) is 32.1 Å². The Morgan fingerprint density at radius 3 is 2.58 bits per heavy atom. The first-order valence-electron chi connectivity index (χ1n) is 5.73. The SMILES string of the molecule is CON(C)C(=O)CSc1nc(C)c(C)c(C)c1C#N. The van der Waals surface area contributed by atoms with Gasteiger partial charge in [0.15, 0.2) is 0 Å². The molecule has 0 aromatic carbocycles. The molecule has 0 aliphatic carbocycles. The molecule has 1 heterocycles. The monoisotopic (exact) mass is 279 g/mol. The molecular weight excluding hydrogens is 262 g/mol. The Labute approximate surface area is 117 Å². The number of carbonyl (C=O) groups excluding carboxylic acids is 1. The lowest BCUT2D eigenvalue weighted by Gasteiger charge is -2.14. The van der Waals surface area contributed by atoms with E-state index in [1.807, 2.05) is 20.8 Å². The van der Waals surface area contributed by atoms with Gasteiger partial charge in [-0.15, -0.1) is 0 Å². The topological polar surface area (TPSA) is 66.2 Å². The van der Waals surface area contributed by atoms with E-state index in [1.54, 1.807) is 7.05 Å². The first-order chi connectivity index (χ1) is 8.92. The van der Waals surface area contributed by atoms with E-state index >= 15 is 0 Å². The summed E-state index contributed by atoms with van der Waals surface area (Å²) in [7, 11) is 2.98. The Kier molecular flexibility index (Phi) is 5.33. The van der Waals surface area contributed by atoms with E-state index in [0.717, 1.165) is 21.9 Å². The summed E-state index contributed by atoms with van der Waals surface area (Å²) >= 11 is 1.26. The second kappa shape index (κ2) is 6.55. The maximum absolute atomic E-state index is 11.7. The Hall–Kier alpha value is -1.58. The fourth-order valence-electron chi connectivity index (χ4n) is 1.47. The van der Waals surface area contributed by atoms with E-state index in [4.69, 9.17) is 4.84 Å². The molecule has 0 saturated carbocycles. The van der Waals surface area contributed by atoms with Crippen molar-refractivity contribution >= 4 is 17.7 Å². The zero-order valence-electron chi connectivity index (χ0n) is 11.8. The number of thioether (sulfide) groups is 1. The fourth-order valence-corrected chi connectivity index (χ4v) is 2.46. The van der Waals surface area contributed by atoms with Crippen molar-refractivity contribution in [3.05, 3.63) is 22.4 Å². The second-order valence-corrected chi connectivity index (χ2v) is 5.07. The van der Waals surface area contributed by atoms with Crippen LogP contribution in [0.2, 0.25) is 0 Å². The van der Waals surface area contributed by atoms with Crippen LogP contribution < -0.4 is 0 Å². The van der Waals surface area contributed by atoms with E-state index in [1.165, 1.54) is 18.9 Å². The summed E-state index contributed by atoms with van der Waals surface area (Å²) < 4.78 is 0. The van der Waals surface area contributed by atoms with Gasteiger partial charge in [0.2, 0.25) is 0 Å². The van der Waals surface area contributed by atoms with Gasteiger partial charge in [-0.1, -0.05) is 11.8 Å². The number of hydrogen-bond donors (Lipinski definition) is 0. The summed E-state index contributed by atoms with van der Waals surface area (Å²) in [5.41, 5.74) is 3.36. The van der Waals surface area contributed by atoms with Gasteiger partial charge in [0.25, 0.3) is 5.91 Å². The third-order valence-corrected chi connectivity index (χ3v) is 3.99. The summed E-state index contributed by atoms with van der Waals surface area (Å²) in [5, 5.41) is 11.0. The third kappa shape index (κ3) is 3.46. The van der Waals surface area contributed by atoms with Crippen LogP contribution in [0.15, 0.2) is 5.03 Å². The van der Waals surface area contributed by atoms with Crippen molar-refractivity contribution in [3.8, 4) is 6.07 Å². The van der Waals surface area contributed by atoms with E-state index in [-0.39, 0.29) is 11.7 Å². The van der Waals surface area contributed by atoms with Crippen LogP contribution in [0.4, 0.5) is 0 Å². The van der Waals surface area contributed by atoms with Crippen LogP contribution in [0.5, 0.6) is 0 Å². The molecule has 1 amide bonds. The number of nitrogens with zero attached hydrogens (tertiary/aromatic N) is 3. The number of aromatic nitrogens is 1. The lowest BCUT2D eigenvalue weighted by molar-refractivity contribution is -0.165. The van der Waals surface area contributed by atoms with Crippen molar-refractivity contribution in [1.29, 1.82) is 5.26 Å². The van der Waals surface area contributed by atoms with Crippen LogP contribution >= 0.6 is 11.8 Å². The Bertz CT molecular complexity index is 538. The molecule has 0 saturated heterocycles. The highest BCUT2D eigenvalue weighted by molar-refractivity contribution is 8.00. The molecule has 0 fully saturated rings. The first kappa shape index (κ1) is 15.5. The smallest absolute Gasteiger partial charge is 0.256 e. The number of carbonyl (C=O) groups is 1. The van der Waals surface area contributed by atoms with Crippen LogP contribution in [-0.2, 0) is 9.63 Å². The second-order valence-electron chi connectivity index (χ2n) is 4.10. The Morgan fingerprint density at radius 1 is 1.42 bits per heavy atom. The van der Waals surface area contributed by atoms with Gasteiger partial charge in [0.1, 0.15) is 11.1 Å². The van der Waals surface area contributed by atoms with Gasteiger partial charge in [0.05, 0.1) is 18.4 Å². The highest BCUT2D eigenvalue weighted by Gasteiger charge is 2.15. The molecule has 6 heteroatoms. The molecule has 0 spiro atoms. The van der Waals surface area contributed by atoms with Crippen molar-refractivity contribution in [3.63, 3.8) is 0 Å². The molecule has 1 rings (SSSR count). The number of nitriles is 1. The first-order valence-corrected chi connectivity index (χ1v) is 6.72. The summed E-state index contributed by atoms with van der Waals surface area (Å²) in [5.74, 6) is 0.0163.